The molecule has 0 unspecified atom stereocenters. The highest BCUT2D eigenvalue weighted by atomic mass is 16.5. The molecule has 0 aliphatic rings. The van der Waals surface area contributed by atoms with E-state index in [1.807, 2.05) is 0 Å². The molecule has 0 aliphatic heterocycles. The summed E-state index contributed by atoms with van der Waals surface area (Å²) < 4.78 is 38.8. The van der Waals surface area contributed by atoms with E-state index in [0.717, 1.165) is 163 Å². The second-order valence-corrected chi connectivity index (χ2v) is 14.8. The molecule has 0 aromatic rings. The number of aliphatic carboxylic acids is 4. The maximum Gasteiger partial charge on any atom is 0.0993 e. The van der Waals surface area contributed by atoms with Crippen molar-refractivity contribution in [3.63, 3.8) is 0 Å². The molecule has 0 heterocycles. The molecule has 0 amide bonds. The fourth-order valence-electron chi connectivity index (χ4n) is 4.64. The highest BCUT2D eigenvalue weighted by Gasteiger charge is 1.93. The average Bonchev–Trinajstić information content (AvgIpc) is 3.31. The van der Waals surface area contributed by atoms with Gasteiger partial charge in [-0.1, -0.05) is 71.3 Å². The maximum atomic E-state index is 9.92. The third-order valence-corrected chi connectivity index (χ3v) is 8.43. The monoisotopic (exact) mass is 993 g/mol. The third kappa shape index (κ3) is 125. The zero-order valence-electron chi connectivity index (χ0n) is 44.6. The minimum absolute atomic E-state index is 0.0608. The zero-order chi connectivity index (χ0) is 52.8. The topological polar surface area (TPSA) is 301 Å². The van der Waals surface area contributed by atoms with Crippen LogP contribution in [0.15, 0.2) is 12.2 Å². The fraction of sp³-hybridized carbons (Fsp3) is 0.875. The van der Waals surface area contributed by atoms with Crippen LogP contribution in [0.5, 0.6) is 0 Å². The van der Waals surface area contributed by atoms with Crippen molar-refractivity contribution in [3.05, 3.63) is 12.2 Å². The number of ether oxygens (including phenoxy) is 8. The SMILES string of the molecule is CCCCCC=CC(=O)[O-].CCCCCCCC(=O)[O-].COCC[NH2+]CCOC.COCC[NH2+]CCOC.COCC[NH2+]CCOC.COCC[NH2+]CCOC.O=C([O-])CCCCCCC(=O)[O-]. The second-order valence-electron chi connectivity index (χ2n) is 14.8. The molecular formula is C48H104N4O16. The molecule has 20 nitrogen and oxygen atoms in total. The van der Waals surface area contributed by atoms with Crippen LogP contribution in [0.2, 0.25) is 0 Å². The van der Waals surface area contributed by atoms with Gasteiger partial charge in [-0.3, -0.25) is 0 Å². The molecule has 0 aliphatic carbocycles. The summed E-state index contributed by atoms with van der Waals surface area (Å²) in [6.07, 6.45) is 15.3. The van der Waals surface area contributed by atoms with Crippen molar-refractivity contribution in [1.29, 1.82) is 0 Å². The normalized spacial score (nSPS) is 9.97. The number of unbranched alkanes of at least 4 members (excludes halogenated alkanes) is 10. The Bertz CT molecular complexity index is 860. The van der Waals surface area contributed by atoms with E-state index >= 15 is 0 Å². The molecule has 0 atom stereocenters. The Balaban J connectivity index is -0.000000128. The van der Waals surface area contributed by atoms with Crippen molar-refractivity contribution in [2.75, 3.05) is 162 Å². The van der Waals surface area contributed by atoms with Crippen molar-refractivity contribution < 1.29 is 98.8 Å². The molecule has 20 heteroatoms. The Morgan fingerprint density at radius 3 is 0.765 bits per heavy atom. The molecule has 0 aromatic heterocycles. The fourth-order valence-corrected chi connectivity index (χ4v) is 4.64. The number of carboxylic acids is 4. The molecule has 0 radical (unpaired) electrons. The first-order valence-corrected chi connectivity index (χ1v) is 24.5. The molecular weight excluding hydrogens is 889 g/mol. The smallest absolute Gasteiger partial charge is 0.0993 e. The predicted molar refractivity (Wildman–Crippen MR) is 256 cm³/mol. The van der Waals surface area contributed by atoms with Crippen LogP contribution in [0, 0.1) is 0 Å². The minimum atomic E-state index is -1.10. The predicted octanol–water partition coefficient (Wildman–Crippen LogP) is -3.83. The van der Waals surface area contributed by atoms with E-state index in [0.29, 0.717) is 12.8 Å². The number of quaternary nitrogens is 4. The molecule has 0 rings (SSSR count). The van der Waals surface area contributed by atoms with E-state index in [2.05, 4.69) is 35.1 Å². The Morgan fingerprint density at radius 2 is 0.574 bits per heavy atom. The van der Waals surface area contributed by atoms with Crippen molar-refractivity contribution >= 4 is 23.9 Å². The van der Waals surface area contributed by atoms with Crippen molar-refractivity contribution in [2.45, 2.75) is 117 Å². The highest BCUT2D eigenvalue weighted by Crippen LogP contribution is 2.04. The number of hydrogen-bond acceptors (Lipinski definition) is 16. The maximum absolute atomic E-state index is 9.92. The van der Waals surface area contributed by atoms with Gasteiger partial charge in [-0.05, 0) is 57.4 Å². The number of rotatable bonds is 42. The number of nitrogens with two attached hydrogens (primary N) is 4. The summed E-state index contributed by atoms with van der Waals surface area (Å²) in [5.41, 5.74) is 0. The van der Waals surface area contributed by atoms with E-state index in [4.69, 9.17) is 37.9 Å². The van der Waals surface area contributed by atoms with E-state index < -0.39 is 23.9 Å². The third-order valence-electron chi connectivity index (χ3n) is 8.43. The van der Waals surface area contributed by atoms with Gasteiger partial charge in [-0.15, -0.1) is 0 Å². The van der Waals surface area contributed by atoms with E-state index in [1.165, 1.54) is 19.3 Å². The Labute approximate surface area is 412 Å². The summed E-state index contributed by atoms with van der Waals surface area (Å²) in [5, 5.41) is 48.3. The van der Waals surface area contributed by atoms with E-state index in [1.54, 1.807) is 63.0 Å². The molecule has 412 valence electrons. The number of methoxy groups -OCH3 is 8. The lowest BCUT2D eigenvalue weighted by atomic mass is 10.1. The van der Waals surface area contributed by atoms with Gasteiger partial charge in [-0.2, -0.15) is 0 Å². The molecule has 0 spiro atoms. The molecule has 0 saturated carbocycles. The summed E-state index contributed by atoms with van der Waals surface area (Å²) >= 11 is 0. The molecule has 0 saturated heterocycles. The molecule has 0 fully saturated rings. The lowest BCUT2D eigenvalue weighted by Gasteiger charge is -2.02. The van der Waals surface area contributed by atoms with Crippen LogP contribution in [0.25, 0.3) is 0 Å². The highest BCUT2D eigenvalue weighted by molar-refractivity contribution is 5.77. The number of carbonyl (C=O) groups is 4. The zero-order valence-corrected chi connectivity index (χ0v) is 44.6. The number of allylic oxidation sites excluding steroid dienone is 1. The van der Waals surface area contributed by atoms with E-state index in [-0.39, 0.29) is 19.3 Å². The van der Waals surface area contributed by atoms with Gasteiger partial charge in [0.15, 0.2) is 0 Å². The van der Waals surface area contributed by atoms with Crippen LogP contribution in [-0.4, -0.2) is 186 Å². The summed E-state index contributed by atoms with van der Waals surface area (Å²) in [6, 6.07) is 0. The van der Waals surface area contributed by atoms with Crippen molar-refractivity contribution in [3.8, 4) is 0 Å². The average molecular weight is 993 g/mol. The van der Waals surface area contributed by atoms with E-state index in [9.17, 15) is 39.6 Å². The number of hydrogen-bond donors (Lipinski definition) is 4. The number of carbonyl (C=O) groups excluding carboxylic acids is 4. The molecule has 0 aromatic carbocycles. The lowest BCUT2D eigenvalue weighted by Crippen LogP contribution is -2.86. The van der Waals surface area contributed by atoms with Crippen LogP contribution in [-0.2, 0) is 57.1 Å². The lowest BCUT2D eigenvalue weighted by molar-refractivity contribution is -0.657. The van der Waals surface area contributed by atoms with Gasteiger partial charge in [0.25, 0.3) is 0 Å². The van der Waals surface area contributed by atoms with Gasteiger partial charge in [0.2, 0.25) is 0 Å². The van der Waals surface area contributed by atoms with Gasteiger partial charge >= 0.3 is 0 Å². The second kappa shape index (κ2) is 84.1. The Hall–Kier alpha value is -2.86. The van der Waals surface area contributed by atoms with Crippen molar-refractivity contribution in [1.82, 2.24) is 0 Å². The summed E-state index contributed by atoms with van der Waals surface area (Å²) in [4.78, 5) is 39.6. The van der Waals surface area contributed by atoms with Gasteiger partial charge in [0, 0.05) is 74.8 Å². The Kier molecular flexibility index (Phi) is 98.1. The molecule has 0 bridgehead atoms. The van der Waals surface area contributed by atoms with Crippen LogP contribution in [0.3, 0.4) is 0 Å². The van der Waals surface area contributed by atoms with Gasteiger partial charge < -0.3 is 98.8 Å². The first kappa shape index (κ1) is 79.3. The first-order chi connectivity index (χ1) is 32.8. The summed E-state index contributed by atoms with van der Waals surface area (Å²) in [7, 11) is 13.7. The van der Waals surface area contributed by atoms with Crippen LogP contribution in [0.1, 0.15) is 117 Å². The Morgan fingerprint density at radius 1 is 0.353 bits per heavy atom. The largest absolute Gasteiger partial charge is 0.550 e. The van der Waals surface area contributed by atoms with Crippen LogP contribution in [0.4, 0.5) is 0 Å². The van der Waals surface area contributed by atoms with Crippen molar-refractivity contribution in [2.24, 2.45) is 0 Å². The first-order valence-electron chi connectivity index (χ1n) is 24.5. The van der Waals surface area contributed by atoms with Gasteiger partial charge in [-0.25, -0.2) is 0 Å². The number of carboxylic acid groups (broad SMARTS) is 4. The van der Waals surface area contributed by atoms with Crippen LogP contribution < -0.4 is 41.7 Å². The quantitative estimate of drug-likeness (QED) is 0.0337. The molecule has 68 heavy (non-hydrogen) atoms. The van der Waals surface area contributed by atoms with Gasteiger partial charge in [0.05, 0.1) is 111 Å². The standard InChI is InChI=1S/C8H14O4.C8H16O2.C8H14O2.4C6H15NO2/c9-7(10)5-3-1-2-4-6-8(11)12;2*1-2-3-4-5-6-7-8(9)10;4*1-8-5-3-7-4-6-9-2/h1-6H2,(H,9,10)(H,11,12);2-7H2,1H3,(H,9,10);6-7H,2-5H2,1H3,(H,9,10);4*7H,3-6H2,1-2H3. The van der Waals surface area contributed by atoms with Crippen LogP contribution >= 0.6 is 0 Å². The van der Waals surface area contributed by atoms with Gasteiger partial charge in [0.1, 0.15) is 0 Å². The molecule has 8 N–H and O–H groups in total. The summed E-state index contributed by atoms with van der Waals surface area (Å²) in [5.74, 6) is -4.11. The summed E-state index contributed by atoms with van der Waals surface area (Å²) in [6.45, 7) is 19.1. The minimum Gasteiger partial charge on any atom is -0.550 e.